The van der Waals surface area contributed by atoms with Gasteiger partial charge in [-0.25, -0.2) is 4.39 Å². The molecule has 1 aromatic heterocycles. The molecule has 0 fully saturated rings. The lowest BCUT2D eigenvalue weighted by molar-refractivity contribution is -0.116. The summed E-state index contributed by atoms with van der Waals surface area (Å²) in [7, 11) is 0. The molecule has 0 saturated heterocycles. The van der Waals surface area contributed by atoms with Crippen LogP contribution in [0.1, 0.15) is 12.6 Å². The standard InChI is InChI=1S/C17H14FN3O3/c1-10(22)19-15-8-11(6-7-13(15)18)20-17(23)9-14-12-4-2-3-5-16(12)24-21-14/h2-8H,9H2,1H3,(H,19,22)(H,20,23). The van der Waals surface area contributed by atoms with Crippen LogP contribution in [0.5, 0.6) is 0 Å². The zero-order chi connectivity index (χ0) is 17.1. The lowest BCUT2D eigenvalue weighted by atomic mass is 10.1. The van der Waals surface area contributed by atoms with Crippen molar-refractivity contribution in [2.45, 2.75) is 13.3 Å². The van der Waals surface area contributed by atoms with Gasteiger partial charge in [-0.1, -0.05) is 17.3 Å². The van der Waals surface area contributed by atoms with E-state index < -0.39 is 11.7 Å². The summed E-state index contributed by atoms with van der Waals surface area (Å²) in [6.45, 7) is 1.28. The molecule has 0 aliphatic carbocycles. The number of aromatic nitrogens is 1. The van der Waals surface area contributed by atoms with Crippen molar-refractivity contribution in [1.29, 1.82) is 0 Å². The molecule has 0 saturated carbocycles. The van der Waals surface area contributed by atoms with E-state index in [0.29, 0.717) is 17.0 Å². The minimum absolute atomic E-state index is 0.00665. The zero-order valence-corrected chi connectivity index (χ0v) is 12.8. The third kappa shape index (κ3) is 3.40. The highest BCUT2D eigenvalue weighted by molar-refractivity contribution is 5.96. The van der Waals surface area contributed by atoms with Crippen LogP contribution < -0.4 is 10.6 Å². The van der Waals surface area contributed by atoms with Crippen LogP contribution in [-0.2, 0) is 16.0 Å². The SMILES string of the molecule is CC(=O)Nc1cc(NC(=O)Cc2noc3ccccc23)ccc1F. The van der Waals surface area contributed by atoms with Crippen molar-refractivity contribution in [1.82, 2.24) is 5.16 Å². The summed E-state index contributed by atoms with van der Waals surface area (Å²) in [6.07, 6.45) is 0.0177. The van der Waals surface area contributed by atoms with E-state index in [9.17, 15) is 14.0 Å². The topological polar surface area (TPSA) is 84.2 Å². The van der Waals surface area contributed by atoms with Crippen molar-refractivity contribution in [3.63, 3.8) is 0 Å². The smallest absolute Gasteiger partial charge is 0.230 e. The first-order valence-electron chi connectivity index (χ1n) is 7.23. The summed E-state index contributed by atoms with van der Waals surface area (Å²) in [5.41, 5.74) is 1.51. The molecule has 2 amide bonds. The van der Waals surface area contributed by atoms with Crippen LogP contribution >= 0.6 is 0 Å². The second-order valence-corrected chi connectivity index (χ2v) is 5.23. The lowest BCUT2D eigenvalue weighted by Crippen LogP contribution is -2.15. The van der Waals surface area contributed by atoms with Crippen molar-refractivity contribution in [2.24, 2.45) is 0 Å². The van der Waals surface area contributed by atoms with Crippen LogP contribution in [-0.4, -0.2) is 17.0 Å². The largest absolute Gasteiger partial charge is 0.356 e. The zero-order valence-electron chi connectivity index (χ0n) is 12.8. The molecule has 0 unspecified atom stereocenters. The Bertz CT molecular complexity index is 920. The first kappa shape index (κ1) is 15.7. The monoisotopic (exact) mass is 327 g/mol. The number of amides is 2. The summed E-state index contributed by atoms with van der Waals surface area (Å²) in [5, 5.41) is 9.68. The Kier molecular flexibility index (Phi) is 4.24. The Morgan fingerprint density at radius 2 is 1.96 bits per heavy atom. The molecule has 0 spiro atoms. The van der Waals surface area contributed by atoms with Crippen LogP contribution in [0.4, 0.5) is 15.8 Å². The normalized spacial score (nSPS) is 10.6. The number of fused-ring (bicyclic) bond motifs is 1. The predicted molar refractivity (Wildman–Crippen MR) is 87.0 cm³/mol. The fourth-order valence-corrected chi connectivity index (χ4v) is 2.31. The van der Waals surface area contributed by atoms with Gasteiger partial charge in [0, 0.05) is 18.0 Å². The van der Waals surface area contributed by atoms with Gasteiger partial charge < -0.3 is 15.2 Å². The van der Waals surface area contributed by atoms with Gasteiger partial charge in [-0.15, -0.1) is 0 Å². The first-order chi connectivity index (χ1) is 11.5. The van der Waals surface area contributed by atoms with E-state index >= 15 is 0 Å². The molecule has 0 bridgehead atoms. The maximum Gasteiger partial charge on any atom is 0.230 e. The number of nitrogens with zero attached hydrogens (tertiary/aromatic N) is 1. The van der Waals surface area contributed by atoms with Gasteiger partial charge >= 0.3 is 0 Å². The van der Waals surface area contributed by atoms with Crippen molar-refractivity contribution < 1.29 is 18.5 Å². The summed E-state index contributed by atoms with van der Waals surface area (Å²) in [4.78, 5) is 23.2. The molecule has 0 aliphatic heterocycles. The summed E-state index contributed by atoms with van der Waals surface area (Å²) < 4.78 is 18.7. The van der Waals surface area contributed by atoms with Crippen LogP contribution in [0, 0.1) is 5.82 Å². The Morgan fingerprint density at radius 3 is 2.75 bits per heavy atom. The number of benzene rings is 2. The third-order valence-electron chi connectivity index (χ3n) is 3.34. The molecule has 3 aromatic rings. The molecule has 3 rings (SSSR count). The second kappa shape index (κ2) is 6.49. The van der Waals surface area contributed by atoms with Crippen molar-refractivity contribution in [3.05, 3.63) is 54.0 Å². The molecule has 0 aliphatic rings. The van der Waals surface area contributed by atoms with Crippen LogP contribution in [0.2, 0.25) is 0 Å². The number of anilines is 2. The average Bonchev–Trinajstić information content (AvgIpc) is 2.93. The minimum Gasteiger partial charge on any atom is -0.356 e. The van der Waals surface area contributed by atoms with Gasteiger partial charge in [0.2, 0.25) is 11.8 Å². The number of hydrogen-bond donors (Lipinski definition) is 2. The van der Waals surface area contributed by atoms with Gasteiger partial charge in [-0.05, 0) is 30.3 Å². The number of nitrogens with one attached hydrogen (secondary N) is 2. The predicted octanol–water partition coefficient (Wildman–Crippen LogP) is 3.11. The molecule has 6 nitrogen and oxygen atoms in total. The summed E-state index contributed by atoms with van der Waals surface area (Å²) in [5.74, 6) is -1.30. The number of halogens is 1. The van der Waals surface area contributed by atoms with Gasteiger partial charge in [0.05, 0.1) is 12.1 Å². The Balaban J connectivity index is 1.74. The van der Waals surface area contributed by atoms with Crippen LogP contribution in [0.15, 0.2) is 47.0 Å². The van der Waals surface area contributed by atoms with E-state index in [1.54, 1.807) is 6.07 Å². The van der Waals surface area contributed by atoms with Crippen molar-refractivity contribution in [2.75, 3.05) is 10.6 Å². The van der Waals surface area contributed by atoms with E-state index in [1.165, 1.54) is 25.1 Å². The van der Waals surface area contributed by atoms with Gasteiger partial charge in [0.25, 0.3) is 0 Å². The Hall–Kier alpha value is -3.22. The fraction of sp³-hybridized carbons (Fsp3) is 0.118. The molecule has 0 radical (unpaired) electrons. The number of rotatable bonds is 4. The maximum atomic E-state index is 13.6. The Labute approximate surface area is 136 Å². The molecule has 7 heteroatoms. The van der Waals surface area contributed by atoms with E-state index in [0.717, 1.165) is 5.39 Å². The third-order valence-corrected chi connectivity index (χ3v) is 3.34. The van der Waals surface area contributed by atoms with E-state index in [1.807, 2.05) is 18.2 Å². The maximum absolute atomic E-state index is 13.6. The Morgan fingerprint density at radius 1 is 1.17 bits per heavy atom. The van der Waals surface area contributed by atoms with Gasteiger partial charge in [0.1, 0.15) is 11.5 Å². The lowest BCUT2D eigenvalue weighted by Gasteiger charge is -2.08. The molecule has 2 N–H and O–H groups in total. The first-order valence-corrected chi connectivity index (χ1v) is 7.23. The van der Waals surface area contributed by atoms with Crippen molar-refractivity contribution >= 4 is 34.2 Å². The molecule has 2 aromatic carbocycles. The van der Waals surface area contributed by atoms with Gasteiger partial charge in [0.15, 0.2) is 5.58 Å². The molecular formula is C17H14FN3O3. The molecule has 122 valence electrons. The molecule has 1 heterocycles. The second-order valence-electron chi connectivity index (χ2n) is 5.23. The molecule has 24 heavy (non-hydrogen) atoms. The average molecular weight is 327 g/mol. The number of carbonyl (C=O) groups excluding carboxylic acids is 2. The number of carbonyl (C=O) groups is 2. The highest BCUT2D eigenvalue weighted by atomic mass is 19.1. The van der Waals surface area contributed by atoms with Gasteiger partial charge in [-0.2, -0.15) is 0 Å². The van der Waals surface area contributed by atoms with E-state index in [4.69, 9.17) is 4.52 Å². The quantitative estimate of drug-likeness (QED) is 0.771. The summed E-state index contributed by atoms with van der Waals surface area (Å²) in [6, 6.07) is 11.2. The van der Waals surface area contributed by atoms with Gasteiger partial charge in [-0.3, -0.25) is 9.59 Å². The number of hydrogen-bond acceptors (Lipinski definition) is 4. The van der Waals surface area contributed by atoms with Crippen LogP contribution in [0.25, 0.3) is 11.0 Å². The van der Waals surface area contributed by atoms with E-state index in [2.05, 4.69) is 15.8 Å². The minimum atomic E-state index is -0.578. The highest BCUT2D eigenvalue weighted by Gasteiger charge is 2.13. The van der Waals surface area contributed by atoms with Crippen LogP contribution in [0.3, 0.4) is 0 Å². The van der Waals surface area contributed by atoms with E-state index in [-0.39, 0.29) is 18.0 Å². The molecule has 0 atom stereocenters. The summed E-state index contributed by atoms with van der Waals surface area (Å²) >= 11 is 0. The van der Waals surface area contributed by atoms with Crippen molar-refractivity contribution in [3.8, 4) is 0 Å². The number of para-hydroxylation sites is 1. The fourth-order valence-electron chi connectivity index (χ4n) is 2.31. The molecular weight excluding hydrogens is 313 g/mol. The highest BCUT2D eigenvalue weighted by Crippen LogP contribution is 2.21.